The van der Waals surface area contributed by atoms with Crippen LogP contribution in [0.15, 0.2) is 24.3 Å². The average molecular weight is 403 g/mol. The lowest BCUT2D eigenvalue weighted by Crippen LogP contribution is -2.38. The topological polar surface area (TPSA) is 83.1 Å². The number of rotatable bonds is 6. The highest BCUT2D eigenvalue weighted by Crippen LogP contribution is 2.41. The monoisotopic (exact) mass is 402 g/mol. The highest BCUT2D eigenvalue weighted by atomic mass is 32.1. The Kier molecular flexibility index (Phi) is 5.52. The Morgan fingerprint density at radius 3 is 2.54 bits per heavy atom. The summed E-state index contributed by atoms with van der Waals surface area (Å²) in [6.07, 6.45) is 1.94. The maximum atomic E-state index is 10.9. The van der Waals surface area contributed by atoms with E-state index in [1.54, 1.807) is 4.52 Å². The average Bonchev–Trinajstić information content (AvgIpc) is 3.24. The van der Waals surface area contributed by atoms with E-state index in [1.165, 1.54) is 11.3 Å². The van der Waals surface area contributed by atoms with Crippen LogP contribution in [0.2, 0.25) is 0 Å². The Labute approximate surface area is 168 Å². The molecule has 1 saturated heterocycles. The molecule has 1 aliphatic rings. The lowest BCUT2D eigenvalue weighted by atomic mass is 9.99. The number of aliphatic hydroxyl groups is 1. The van der Waals surface area contributed by atoms with Crippen LogP contribution in [0.1, 0.15) is 49.0 Å². The Morgan fingerprint density at radius 2 is 1.93 bits per heavy atom. The molecule has 3 aromatic rings. The predicted molar refractivity (Wildman–Crippen MR) is 108 cm³/mol. The summed E-state index contributed by atoms with van der Waals surface area (Å²) in [6.45, 7) is 6.13. The molecule has 0 unspecified atom stereocenters. The molecule has 1 aromatic carbocycles. The molecule has 7 nitrogen and oxygen atoms in total. The first-order valence-electron chi connectivity index (χ1n) is 9.82. The third-order valence-corrected chi connectivity index (χ3v) is 6.25. The van der Waals surface area contributed by atoms with Gasteiger partial charge >= 0.3 is 0 Å². The first-order valence-corrected chi connectivity index (χ1v) is 10.6. The molecule has 1 atom stereocenters. The minimum Gasteiger partial charge on any atom is -0.494 e. The summed E-state index contributed by atoms with van der Waals surface area (Å²) in [5.74, 6) is 1.71. The number of aryl methyl sites for hydroxylation is 1. The number of aromatic nitrogens is 3. The van der Waals surface area contributed by atoms with Gasteiger partial charge in [0.05, 0.1) is 23.6 Å². The van der Waals surface area contributed by atoms with Crippen LogP contribution in [0.3, 0.4) is 0 Å². The second-order valence-electron chi connectivity index (χ2n) is 7.04. The highest BCUT2D eigenvalue weighted by molar-refractivity contribution is 7.17. The number of fused-ring (bicyclic) bond motifs is 1. The first kappa shape index (κ1) is 19.2. The SMILES string of the molecule is CCOc1ccc([C@@H](c2sc3nc(CC)nn3c2O)N2CCC(O)CC2)cc1. The van der Waals surface area contributed by atoms with Crippen molar-refractivity contribution >= 4 is 16.3 Å². The number of benzene rings is 1. The summed E-state index contributed by atoms with van der Waals surface area (Å²) in [4.78, 5) is 8.37. The molecule has 1 aliphatic heterocycles. The van der Waals surface area contributed by atoms with E-state index in [4.69, 9.17) is 4.74 Å². The van der Waals surface area contributed by atoms with E-state index < -0.39 is 0 Å². The molecule has 0 saturated carbocycles. The van der Waals surface area contributed by atoms with Crippen LogP contribution in [0.5, 0.6) is 11.6 Å². The standard InChI is InChI=1S/C20H26N4O3S/c1-3-16-21-20-24(22-16)19(26)18(28-20)17(23-11-9-14(25)10-12-23)13-5-7-15(8-6-13)27-4-2/h5-8,14,17,25-26H,3-4,9-12H2,1-2H3/t17-/m0/s1. The zero-order chi connectivity index (χ0) is 19.7. The van der Waals surface area contributed by atoms with Gasteiger partial charge in [-0.05, 0) is 37.5 Å². The first-order chi connectivity index (χ1) is 13.6. The van der Waals surface area contributed by atoms with Crippen LogP contribution < -0.4 is 4.74 Å². The van der Waals surface area contributed by atoms with Gasteiger partial charge in [-0.15, -0.1) is 5.10 Å². The van der Waals surface area contributed by atoms with Crippen molar-refractivity contribution in [3.8, 4) is 11.6 Å². The second kappa shape index (κ2) is 8.06. The number of likely N-dealkylation sites (tertiary alicyclic amines) is 1. The number of piperidine rings is 1. The summed E-state index contributed by atoms with van der Waals surface area (Å²) >= 11 is 1.48. The molecular weight excluding hydrogens is 376 g/mol. The Morgan fingerprint density at radius 1 is 1.21 bits per heavy atom. The minimum atomic E-state index is -0.250. The Balaban J connectivity index is 1.74. The van der Waals surface area contributed by atoms with Gasteiger partial charge in [-0.3, -0.25) is 4.90 Å². The van der Waals surface area contributed by atoms with Crippen LogP contribution in [-0.4, -0.2) is 55.5 Å². The van der Waals surface area contributed by atoms with E-state index in [9.17, 15) is 10.2 Å². The maximum absolute atomic E-state index is 10.9. The van der Waals surface area contributed by atoms with Crippen LogP contribution in [0, 0.1) is 0 Å². The molecule has 0 spiro atoms. The largest absolute Gasteiger partial charge is 0.494 e. The van der Waals surface area contributed by atoms with Gasteiger partial charge in [0, 0.05) is 19.5 Å². The normalized spacial score (nSPS) is 17.2. The molecule has 4 rings (SSSR count). The number of hydrogen-bond donors (Lipinski definition) is 2. The zero-order valence-corrected chi connectivity index (χ0v) is 17.0. The molecule has 0 bridgehead atoms. The van der Waals surface area contributed by atoms with E-state index >= 15 is 0 Å². The van der Waals surface area contributed by atoms with Crippen LogP contribution in [0.25, 0.3) is 4.96 Å². The Hall–Kier alpha value is -2.16. The molecule has 150 valence electrons. The zero-order valence-electron chi connectivity index (χ0n) is 16.2. The van der Waals surface area contributed by atoms with E-state index in [2.05, 4.69) is 15.0 Å². The van der Waals surface area contributed by atoms with Crippen LogP contribution in [-0.2, 0) is 6.42 Å². The Bertz CT molecular complexity index is 929. The number of aliphatic hydroxyl groups excluding tert-OH is 1. The van der Waals surface area contributed by atoms with Gasteiger partial charge in [0.2, 0.25) is 10.8 Å². The third-order valence-electron chi connectivity index (χ3n) is 5.18. The van der Waals surface area contributed by atoms with Crippen molar-refractivity contribution in [2.24, 2.45) is 0 Å². The number of hydrogen-bond acceptors (Lipinski definition) is 7. The maximum Gasteiger partial charge on any atom is 0.230 e. The number of aromatic hydroxyl groups is 1. The lowest BCUT2D eigenvalue weighted by Gasteiger charge is -2.36. The number of thiazole rings is 1. The fourth-order valence-electron chi connectivity index (χ4n) is 3.70. The predicted octanol–water partition coefficient (Wildman–Crippen LogP) is 3.00. The van der Waals surface area contributed by atoms with Gasteiger partial charge in [-0.1, -0.05) is 30.4 Å². The summed E-state index contributed by atoms with van der Waals surface area (Å²) in [6, 6.07) is 7.92. The van der Waals surface area contributed by atoms with E-state index in [-0.39, 0.29) is 18.0 Å². The molecule has 3 heterocycles. The van der Waals surface area contributed by atoms with Crippen molar-refractivity contribution in [1.82, 2.24) is 19.5 Å². The summed E-state index contributed by atoms with van der Waals surface area (Å²) in [5, 5.41) is 25.3. The van der Waals surface area contributed by atoms with Gasteiger partial charge in [-0.2, -0.15) is 4.52 Å². The number of ether oxygens (including phenoxy) is 1. The highest BCUT2D eigenvalue weighted by Gasteiger charge is 2.31. The van der Waals surface area contributed by atoms with E-state index in [1.807, 2.05) is 38.1 Å². The van der Waals surface area contributed by atoms with Crippen molar-refractivity contribution in [3.05, 3.63) is 40.5 Å². The molecule has 2 aromatic heterocycles. The quantitative estimate of drug-likeness (QED) is 0.660. The van der Waals surface area contributed by atoms with Crippen molar-refractivity contribution in [2.45, 2.75) is 45.3 Å². The third kappa shape index (κ3) is 3.59. The molecule has 0 radical (unpaired) electrons. The molecule has 0 amide bonds. The number of nitrogens with zero attached hydrogens (tertiary/aromatic N) is 4. The van der Waals surface area contributed by atoms with E-state index in [0.717, 1.165) is 54.4 Å². The van der Waals surface area contributed by atoms with Gasteiger partial charge < -0.3 is 14.9 Å². The summed E-state index contributed by atoms with van der Waals surface area (Å²) < 4.78 is 7.11. The second-order valence-corrected chi connectivity index (χ2v) is 8.05. The van der Waals surface area contributed by atoms with Crippen molar-refractivity contribution in [2.75, 3.05) is 19.7 Å². The fourth-order valence-corrected chi connectivity index (χ4v) is 4.84. The summed E-state index contributed by atoms with van der Waals surface area (Å²) in [7, 11) is 0. The van der Waals surface area contributed by atoms with Crippen molar-refractivity contribution < 1.29 is 14.9 Å². The van der Waals surface area contributed by atoms with Crippen molar-refractivity contribution in [1.29, 1.82) is 0 Å². The molecule has 8 heteroatoms. The fraction of sp³-hybridized carbons (Fsp3) is 0.500. The molecule has 1 fully saturated rings. The smallest absolute Gasteiger partial charge is 0.230 e. The van der Waals surface area contributed by atoms with Crippen LogP contribution in [0.4, 0.5) is 0 Å². The van der Waals surface area contributed by atoms with Crippen LogP contribution >= 0.6 is 11.3 Å². The van der Waals surface area contributed by atoms with Crippen molar-refractivity contribution in [3.63, 3.8) is 0 Å². The van der Waals surface area contributed by atoms with Gasteiger partial charge in [-0.25, -0.2) is 4.98 Å². The van der Waals surface area contributed by atoms with E-state index in [0.29, 0.717) is 11.6 Å². The van der Waals surface area contributed by atoms with Gasteiger partial charge in [0.25, 0.3) is 0 Å². The van der Waals surface area contributed by atoms with Gasteiger partial charge in [0.15, 0.2) is 5.82 Å². The molecule has 0 aliphatic carbocycles. The molecule has 28 heavy (non-hydrogen) atoms. The minimum absolute atomic E-state index is 0.109. The van der Waals surface area contributed by atoms with Gasteiger partial charge in [0.1, 0.15) is 5.75 Å². The molecule has 2 N–H and O–H groups in total. The summed E-state index contributed by atoms with van der Waals surface area (Å²) in [5.41, 5.74) is 1.08. The lowest BCUT2D eigenvalue weighted by molar-refractivity contribution is 0.0689. The molecular formula is C20H26N4O3S.